The molecule has 0 bridgehead atoms. The molecule has 0 radical (unpaired) electrons. The molecule has 0 rings (SSSR count). The molecule has 0 amide bonds. The van der Waals surface area contributed by atoms with Crippen LogP contribution in [0.3, 0.4) is 0 Å². The Morgan fingerprint density at radius 3 is 1.75 bits per heavy atom. The fourth-order valence-electron chi connectivity index (χ4n) is 0.104. The maximum atomic E-state index is 8.38. The van der Waals surface area contributed by atoms with Gasteiger partial charge in [-0.2, -0.15) is 0 Å². The van der Waals surface area contributed by atoms with E-state index in [4.69, 9.17) is 15.3 Å². The normalized spacial score (nSPS) is 16.1. The minimum Gasteiger partial charge on any atom is -0.343 e. The molecule has 8 heavy (non-hydrogen) atoms. The first-order valence-electron chi connectivity index (χ1n) is 1.85. The number of aliphatic hydroxyl groups is 3. The molecule has 5 heteroatoms. The van der Waals surface area contributed by atoms with E-state index in [9.17, 15) is 0 Å². The smallest absolute Gasteiger partial charge is 0.288 e. The van der Waals surface area contributed by atoms with Crippen LogP contribution in [0.25, 0.3) is 0 Å². The van der Waals surface area contributed by atoms with Gasteiger partial charge in [-0.1, -0.05) is 45.2 Å². The summed E-state index contributed by atoms with van der Waals surface area (Å²) in [5.41, 5.74) is 0. The number of halogens is 2. The Morgan fingerprint density at radius 2 is 1.75 bits per heavy atom. The van der Waals surface area contributed by atoms with Crippen molar-refractivity contribution >= 4 is 45.2 Å². The lowest BCUT2D eigenvalue weighted by Gasteiger charge is -2.17. The summed E-state index contributed by atoms with van der Waals surface area (Å²) in [5.74, 6) is -2.51. The van der Waals surface area contributed by atoms with Gasteiger partial charge in [-0.3, -0.25) is 0 Å². The molecule has 0 saturated heterocycles. The van der Waals surface area contributed by atoms with E-state index in [0.717, 1.165) is 0 Å². The topological polar surface area (TPSA) is 60.7 Å². The van der Waals surface area contributed by atoms with Crippen molar-refractivity contribution in [3.63, 3.8) is 0 Å². The van der Waals surface area contributed by atoms with Gasteiger partial charge < -0.3 is 15.3 Å². The van der Waals surface area contributed by atoms with Crippen molar-refractivity contribution in [2.45, 2.75) is 9.90 Å². The highest BCUT2D eigenvalue weighted by Crippen LogP contribution is 2.14. The molecule has 3 nitrogen and oxygen atoms in total. The van der Waals surface area contributed by atoms with Crippen molar-refractivity contribution in [2.24, 2.45) is 0 Å². The zero-order valence-corrected chi connectivity index (χ0v) is 8.20. The van der Waals surface area contributed by atoms with Gasteiger partial charge in [0, 0.05) is 4.43 Å². The van der Waals surface area contributed by atoms with Crippen molar-refractivity contribution in [3.8, 4) is 0 Å². The van der Waals surface area contributed by atoms with E-state index >= 15 is 0 Å². The van der Waals surface area contributed by atoms with Crippen LogP contribution in [0.5, 0.6) is 0 Å². The van der Waals surface area contributed by atoms with Gasteiger partial charge in [0.1, 0.15) is 3.92 Å². The molecule has 50 valence electrons. The van der Waals surface area contributed by atoms with Crippen LogP contribution in [-0.2, 0) is 0 Å². The molecular formula is C3H6I2O3. The lowest BCUT2D eigenvalue weighted by Crippen LogP contribution is -2.38. The van der Waals surface area contributed by atoms with Gasteiger partial charge in [-0.25, -0.2) is 0 Å². The molecule has 0 heterocycles. The second kappa shape index (κ2) is 3.49. The van der Waals surface area contributed by atoms with Crippen molar-refractivity contribution in [3.05, 3.63) is 0 Å². The SMILES string of the molecule is OC(O)(O)C(I)CI. The predicted molar refractivity (Wildman–Crippen MR) is 46.1 cm³/mol. The molecule has 0 aromatic rings. The second-order valence-electron chi connectivity index (χ2n) is 1.31. The van der Waals surface area contributed by atoms with E-state index in [1.807, 2.05) is 22.6 Å². The van der Waals surface area contributed by atoms with Crippen molar-refractivity contribution in [1.82, 2.24) is 0 Å². The number of hydrogen-bond donors (Lipinski definition) is 3. The predicted octanol–water partition coefficient (Wildman–Crippen LogP) is -0.144. The Morgan fingerprint density at radius 1 is 1.38 bits per heavy atom. The second-order valence-corrected chi connectivity index (χ2v) is 3.69. The zero-order chi connectivity index (χ0) is 6.78. The van der Waals surface area contributed by atoms with Crippen LogP contribution in [0.2, 0.25) is 0 Å². The summed E-state index contributed by atoms with van der Waals surface area (Å²) in [6.07, 6.45) is 0. The quantitative estimate of drug-likeness (QED) is 0.371. The minimum absolute atomic E-state index is 0.502. The van der Waals surface area contributed by atoms with Gasteiger partial charge >= 0.3 is 0 Å². The fraction of sp³-hybridized carbons (Fsp3) is 1.00. The minimum atomic E-state index is -2.51. The van der Waals surface area contributed by atoms with Crippen LogP contribution in [0, 0.1) is 0 Å². The van der Waals surface area contributed by atoms with Gasteiger partial charge in [-0.05, 0) is 0 Å². The van der Waals surface area contributed by atoms with Crippen LogP contribution in [0.4, 0.5) is 0 Å². The summed E-state index contributed by atoms with van der Waals surface area (Å²) in [5, 5.41) is 25.2. The Bertz CT molecular complexity index is 69.4. The van der Waals surface area contributed by atoms with Crippen LogP contribution in [-0.4, -0.2) is 29.6 Å². The summed E-state index contributed by atoms with van der Waals surface area (Å²) in [6.45, 7) is 0. The third kappa shape index (κ3) is 3.38. The Kier molecular flexibility index (Phi) is 4.08. The zero-order valence-electron chi connectivity index (χ0n) is 3.88. The van der Waals surface area contributed by atoms with Crippen LogP contribution >= 0.6 is 45.2 Å². The van der Waals surface area contributed by atoms with Gasteiger partial charge in [0.25, 0.3) is 5.97 Å². The Balaban J connectivity index is 3.62. The molecular weight excluding hydrogens is 338 g/mol. The van der Waals surface area contributed by atoms with Gasteiger partial charge in [0.2, 0.25) is 0 Å². The van der Waals surface area contributed by atoms with Crippen molar-refractivity contribution in [1.29, 1.82) is 0 Å². The molecule has 0 aliphatic rings. The van der Waals surface area contributed by atoms with Gasteiger partial charge in [-0.15, -0.1) is 0 Å². The summed E-state index contributed by atoms with van der Waals surface area (Å²) in [4.78, 5) is 0. The first-order valence-corrected chi connectivity index (χ1v) is 4.62. The van der Waals surface area contributed by atoms with Crippen molar-refractivity contribution < 1.29 is 15.3 Å². The molecule has 0 aromatic carbocycles. The highest BCUT2D eigenvalue weighted by molar-refractivity contribution is 14.1. The largest absolute Gasteiger partial charge is 0.343 e. The average molecular weight is 344 g/mol. The highest BCUT2D eigenvalue weighted by Gasteiger charge is 2.27. The first-order chi connectivity index (χ1) is 3.48. The summed E-state index contributed by atoms with van der Waals surface area (Å²) < 4.78 is -0.0253. The summed E-state index contributed by atoms with van der Waals surface area (Å²) in [6, 6.07) is 0. The Hall–Kier alpha value is 1.34. The van der Waals surface area contributed by atoms with E-state index < -0.39 is 9.90 Å². The number of rotatable bonds is 2. The van der Waals surface area contributed by atoms with E-state index in [1.54, 1.807) is 22.6 Å². The molecule has 3 N–H and O–H groups in total. The van der Waals surface area contributed by atoms with Gasteiger partial charge in [0.15, 0.2) is 0 Å². The summed E-state index contributed by atoms with van der Waals surface area (Å²) in [7, 11) is 0. The monoisotopic (exact) mass is 344 g/mol. The van der Waals surface area contributed by atoms with Crippen molar-refractivity contribution in [2.75, 3.05) is 4.43 Å². The lowest BCUT2D eigenvalue weighted by molar-refractivity contribution is -0.304. The first kappa shape index (κ1) is 9.34. The third-order valence-corrected chi connectivity index (χ3v) is 4.40. The standard InChI is InChI=1S/C3H6I2O3/c4-1-2(5)3(6,7)8/h2,6-8H,1H2. The number of hydrogen-bond acceptors (Lipinski definition) is 3. The molecule has 0 spiro atoms. The molecule has 0 aliphatic carbocycles. The van der Waals surface area contributed by atoms with Gasteiger partial charge in [0.05, 0.1) is 0 Å². The average Bonchev–Trinajstić information content (AvgIpc) is 1.62. The van der Waals surface area contributed by atoms with Crippen LogP contribution < -0.4 is 0 Å². The van der Waals surface area contributed by atoms with Crippen LogP contribution in [0.15, 0.2) is 0 Å². The van der Waals surface area contributed by atoms with E-state index in [2.05, 4.69) is 0 Å². The molecule has 0 aromatic heterocycles. The van der Waals surface area contributed by atoms with E-state index in [0.29, 0.717) is 4.43 Å². The Labute approximate surface area is 74.4 Å². The molecule has 0 aliphatic heterocycles. The fourth-order valence-corrected chi connectivity index (χ4v) is 0.694. The van der Waals surface area contributed by atoms with E-state index in [-0.39, 0.29) is 0 Å². The third-order valence-electron chi connectivity index (χ3n) is 0.556. The molecule has 0 saturated carbocycles. The number of alkyl halides is 2. The maximum Gasteiger partial charge on any atom is 0.288 e. The van der Waals surface area contributed by atoms with E-state index in [1.165, 1.54) is 0 Å². The molecule has 1 atom stereocenters. The molecule has 1 unspecified atom stereocenters. The van der Waals surface area contributed by atoms with Crippen LogP contribution in [0.1, 0.15) is 0 Å². The molecule has 0 fully saturated rings. The maximum absolute atomic E-state index is 8.38. The lowest BCUT2D eigenvalue weighted by atomic mass is 10.4. The highest BCUT2D eigenvalue weighted by atomic mass is 127. The summed E-state index contributed by atoms with van der Waals surface area (Å²) >= 11 is 3.71.